The summed E-state index contributed by atoms with van der Waals surface area (Å²) in [5.74, 6) is -0.617. The monoisotopic (exact) mass is 286 g/mol. The molecule has 0 spiro atoms. The van der Waals surface area contributed by atoms with Gasteiger partial charge in [0.05, 0.1) is 5.75 Å². The van der Waals surface area contributed by atoms with Gasteiger partial charge in [-0.2, -0.15) is 0 Å². The zero-order valence-corrected chi connectivity index (χ0v) is 10.8. The summed E-state index contributed by atoms with van der Waals surface area (Å²) in [5, 5.41) is 4.97. The molecule has 1 aromatic rings. The molecule has 19 heavy (non-hydrogen) atoms. The number of hydrogen-bond acceptors (Lipinski definition) is 7. The second-order valence-electron chi connectivity index (χ2n) is 4.40. The lowest BCUT2D eigenvalue weighted by atomic mass is 10.1. The number of aromatic nitrogens is 2. The first-order valence-corrected chi connectivity index (χ1v) is 7.16. The van der Waals surface area contributed by atoms with Crippen LogP contribution in [-0.2, 0) is 14.8 Å². The molecular weight excluding hydrogens is 272 g/mol. The Morgan fingerprint density at radius 3 is 2.68 bits per heavy atom. The number of anilines is 3. The third kappa shape index (κ3) is 2.90. The molecule has 2 heterocycles. The van der Waals surface area contributed by atoms with Gasteiger partial charge >= 0.3 is 0 Å². The van der Waals surface area contributed by atoms with Gasteiger partial charge in [-0.3, -0.25) is 9.69 Å². The maximum Gasteiger partial charge on any atom is 0.228 e. The highest BCUT2D eigenvalue weighted by molar-refractivity contribution is 7.89. The number of amides is 1. The fourth-order valence-electron chi connectivity index (χ4n) is 2.04. The third-order valence-corrected chi connectivity index (χ3v) is 3.76. The molecule has 1 saturated heterocycles. The van der Waals surface area contributed by atoms with Gasteiger partial charge in [0, 0.05) is 18.9 Å². The predicted molar refractivity (Wildman–Crippen MR) is 69.3 cm³/mol. The van der Waals surface area contributed by atoms with Crippen molar-refractivity contribution in [2.75, 3.05) is 28.7 Å². The molecule has 0 radical (unpaired) electrons. The summed E-state index contributed by atoms with van der Waals surface area (Å²) >= 11 is 0. The second kappa shape index (κ2) is 4.63. The first-order chi connectivity index (χ1) is 8.78. The van der Waals surface area contributed by atoms with Crippen LogP contribution in [0.5, 0.6) is 0 Å². The van der Waals surface area contributed by atoms with Crippen molar-refractivity contribution in [3.8, 4) is 0 Å². The van der Waals surface area contributed by atoms with Crippen LogP contribution in [0.25, 0.3) is 0 Å². The lowest BCUT2D eigenvalue weighted by Crippen LogP contribution is -2.29. The highest BCUT2D eigenvalue weighted by Gasteiger charge is 2.34. The molecule has 0 aliphatic carbocycles. The van der Waals surface area contributed by atoms with E-state index < -0.39 is 10.0 Å². The van der Waals surface area contributed by atoms with Crippen molar-refractivity contribution in [3.05, 3.63) is 6.33 Å². The van der Waals surface area contributed by atoms with E-state index in [2.05, 4.69) is 9.97 Å². The number of rotatable bonds is 3. The molecular formula is C9H14N6O3S. The van der Waals surface area contributed by atoms with Crippen molar-refractivity contribution in [1.82, 2.24) is 9.97 Å². The van der Waals surface area contributed by atoms with Gasteiger partial charge in [-0.25, -0.2) is 23.5 Å². The summed E-state index contributed by atoms with van der Waals surface area (Å²) in [6.07, 6.45) is 1.28. The average molecular weight is 286 g/mol. The number of nitrogens with two attached hydrogens (primary N) is 3. The van der Waals surface area contributed by atoms with E-state index in [-0.39, 0.29) is 47.9 Å². The Labute approximate surface area is 109 Å². The standard InChI is InChI=1S/C9H14N6O3S/c10-7-8(11)13-4-14-9(7)15-2-5(1-6(15)16)3-19(12,17)18/h4-5H,1-3,10H2,(H2,11,13,14)(H2,12,17,18). The van der Waals surface area contributed by atoms with Crippen LogP contribution in [0.3, 0.4) is 0 Å². The van der Waals surface area contributed by atoms with Gasteiger partial charge in [0.1, 0.15) is 12.0 Å². The normalized spacial score (nSPS) is 19.9. The van der Waals surface area contributed by atoms with Crippen LogP contribution in [0.2, 0.25) is 0 Å². The lowest BCUT2D eigenvalue weighted by molar-refractivity contribution is -0.117. The zero-order valence-electron chi connectivity index (χ0n) is 9.98. The van der Waals surface area contributed by atoms with Crippen LogP contribution in [0.4, 0.5) is 17.3 Å². The molecule has 1 aromatic heterocycles. The van der Waals surface area contributed by atoms with Crippen LogP contribution in [0.15, 0.2) is 6.33 Å². The summed E-state index contributed by atoms with van der Waals surface area (Å²) < 4.78 is 22.1. The van der Waals surface area contributed by atoms with Gasteiger partial charge in [0.15, 0.2) is 11.6 Å². The number of primary sulfonamides is 1. The Hall–Kier alpha value is -1.94. The van der Waals surface area contributed by atoms with Crippen LogP contribution in [-0.4, -0.2) is 36.6 Å². The summed E-state index contributed by atoms with van der Waals surface area (Å²) in [7, 11) is -3.62. The van der Waals surface area contributed by atoms with E-state index in [1.807, 2.05) is 0 Å². The minimum atomic E-state index is -3.62. The zero-order chi connectivity index (χ0) is 14.2. The summed E-state index contributed by atoms with van der Waals surface area (Å²) in [6.45, 7) is 0.190. The summed E-state index contributed by atoms with van der Waals surface area (Å²) in [4.78, 5) is 20.8. The number of carbonyl (C=O) groups excluding carboxylic acids is 1. The minimum absolute atomic E-state index is 0.0766. The lowest BCUT2D eigenvalue weighted by Gasteiger charge is -2.17. The van der Waals surface area contributed by atoms with E-state index in [1.54, 1.807) is 0 Å². The molecule has 6 N–H and O–H groups in total. The Kier molecular flexibility index (Phi) is 3.28. The predicted octanol–water partition coefficient (Wildman–Crippen LogP) is -1.72. The van der Waals surface area contributed by atoms with Gasteiger partial charge in [-0.1, -0.05) is 0 Å². The maximum atomic E-state index is 11.9. The number of sulfonamides is 1. The summed E-state index contributed by atoms with van der Waals surface area (Å²) in [6, 6.07) is 0. The fraction of sp³-hybridized carbons (Fsp3) is 0.444. The summed E-state index contributed by atoms with van der Waals surface area (Å²) in [5.41, 5.74) is 11.4. The average Bonchev–Trinajstić information content (AvgIpc) is 2.61. The Balaban J connectivity index is 2.23. The third-order valence-electron chi connectivity index (χ3n) is 2.82. The molecule has 1 amide bonds. The van der Waals surface area contributed by atoms with Crippen LogP contribution in [0, 0.1) is 5.92 Å². The van der Waals surface area contributed by atoms with Gasteiger partial charge in [-0.05, 0) is 0 Å². The van der Waals surface area contributed by atoms with Gasteiger partial charge in [-0.15, -0.1) is 0 Å². The van der Waals surface area contributed by atoms with E-state index in [9.17, 15) is 13.2 Å². The molecule has 0 saturated carbocycles. The molecule has 1 fully saturated rings. The van der Waals surface area contributed by atoms with Crippen molar-refractivity contribution in [2.45, 2.75) is 6.42 Å². The van der Waals surface area contributed by atoms with Crippen molar-refractivity contribution in [3.63, 3.8) is 0 Å². The number of nitrogens with zero attached hydrogens (tertiary/aromatic N) is 3. The molecule has 10 heteroatoms. The molecule has 1 aliphatic heterocycles. The Morgan fingerprint density at radius 2 is 2.05 bits per heavy atom. The van der Waals surface area contributed by atoms with Crippen LogP contribution < -0.4 is 21.5 Å². The van der Waals surface area contributed by atoms with Crippen molar-refractivity contribution in [1.29, 1.82) is 0 Å². The first-order valence-electron chi connectivity index (χ1n) is 5.44. The molecule has 2 rings (SSSR count). The Morgan fingerprint density at radius 1 is 1.37 bits per heavy atom. The van der Waals surface area contributed by atoms with Crippen molar-refractivity contribution in [2.24, 2.45) is 11.1 Å². The highest BCUT2D eigenvalue weighted by Crippen LogP contribution is 2.30. The van der Waals surface area contributed by atoms with Crippen molar-refractivity contribution >= 4 is 33.3 Å². The van der Waals surface area contributed by atoms with Crippen LogP contribution in [0.1, 0.15) is 6.42 Å². The van der Waals surface area contributed by atoms with E-state index in [0.717, 1.165) is 0 Å². The fourth-order valence-corrected chi connectivity index (χ4v) is 2.92. The molecule has 1 atom stereocenters. The van der Waals surface area contributed by atoms with E-state index in [1.165, 1.54) is 11.2 Å². The largest absolute Gasteiger partial charge is 0.393 e. The van der Waals surface area contributed by atoms with E-state index in [4.69, 9.17) is 16.6 Å². The quantitative estimate of drug-likeness (QED) is 0.596. The van der Waals surface area contributed by atoms with Crippen LogP contribution >= 0.6 is 0 Å². The number of carbonyl (C=O) groups is 1. The SMILES string of the molecule is Nc1ncnc(N2CC(CS(N)(=O)=O)CC2=O)c1N. The molecule has 0 bridgehead atoms. The number of hydrogen-bond donors (Lipinski definition) is 3. The van der Waals surface area contributed by atoms with Gasteiger partial charge in [0.25, 0.3) is 0 Å². The van der Waals surface area contributed by atoms with Gasteiger partial charge in [0.2, 0.25) is 15.9 Å². The van der Waals surface area contributed by atoms with Crippen molar-refractivity contribution < 1.29 is 13.2 Å². The number of nitrogen functional groups attached to an aromatic ring is 2. The molecule has 1 aliphatic rings. The first kappa shape index (κ1) is 13.5. The molecule has 9 nitrogen and oxygen atoms in total. The maximum absolute atomic E-state index is 11.9. The topological polar surface area (TPSA) is 158 Å². The van der Waals surface area contributed by atoms with Gasteiger partial charge < -0.3 is 11.5 Å². The minimum Gasteiger partial charge on any atom is -0.393 e. The van der Waals surface area contributed by atoms with E-state index >= 15 is 0 Å². The molecule has 104 valence electrons. The Bertz CT molecular complexity index is 616. The molecule has 0 aromatic carbocycles. The highest BCUT2D eigenvalue weighted by atomic mass is 32.2. The van der Waals surface area contributed by atoms with E-state index in [0.29, 0.717) is 0 Å². The second-order valence-corrected chi connectivity index (χ2v) is 6.06. The molecule has 1 unspecified atom stereocenters. The smallest absolute Gasteiger partial charge is 0.228 e.